The van der Waals surface area contributed by atoms with Gasteiger partial charge in [0.2, 0.25) is 0 Å². The van der Waals surface area contributed by atoms with Gasteiger partial charge in [0.05, 0.1) is 11.4 Å². The molecule has 6 heteroatoms. The summed E-state index contributed by atoms with van der Waals surface area (Å²) >= 11 is 5.97. The highest BCUT2D eigenvalue weighted by atomic mass is 35.5. The summed E-state index contributed by atoms with van der Waals surface area (Å²) in [4.78, 5) is 11.0. The van der Waals surface area contributed by atoms with Crippen LogP contribution >= 0.6 is 11.6 Å². The Balaban J connectivity index is 2.57. The molecule has 0 aliphatic heterocycles. The number of carboxylic acid groups (broad SMARTS) is 1. The number of fused-ring (bicyclic) bond motifs is 1. The van der Waals surface area contributed by atoms with Gasteiger partial charge in [-0.25, -0.2) is 0 Å². The van der Waals surface area contributed by atoms with Gasteiger partial charge in [0.15, 0.2) is 5.15 Å². The van der Waals surface area contributed by atoms with Gasteiger partial charge in [0.25, 0.3) is 0 Å². The number of aromatic nitrogens is 2. The maximum Gasteiger partial charge on any atom is 0.312 e. The van der Waals surface area contributed by atoms with E-state index < -0.39 is 11.9 Å². The summed E-state index contributed by atoms with van der Waals surface area (Å²) in [6, 6.07) is 5.28. The van der Waals surface area contributed by atoms with Gasteiger partial charge in [-0.15, -0.1) is 0 Å². The molecule has 1 heterocycles. The van der Waals surface area contributed by atoms with Crippen LogP contribution in [0.25, 0.3) is 10.9 Å². The van der Waals surface area contributed by atoms with E-state index in [-0.39, 0.29) is 6.54 Å². The Morgan fingerprint density at radius 3 is 2.94 bits per heavy atom. The molecule has 0 bridgehead atoms. The number of aryl methyl sites for hydroxylation is 1. The van der Waals surface area contributed by atoms with E-state index in [1.165, 1.54) is 0 Å². The first kappa shape index (κ1) is 11.9. The van der Waals surface area contributed by atoms with Gasteiger partial charge in [0.1, 0.15) is 0 Å². The molecule has 0 amide bonds. The molecule has 0 radical (unpaired) electrons. The van der Waals surface area contributed by atoms with Crippen molar-refractivity contribution in [2.45, 2.75) is 5.92 Å². The van der Waals surface area contributed by atoms with Gasteiger partial charge in [-0.2, -0.15) is 5.10 Å². The monoisotopic (exact) mass is 253 g/mol. The standard InChI is InChI=1S/C11H12ClN3O2/c1-15-9-3-2-6(8(5-13)11(16)17)4-7(9)10(12)14-15/h2-4,8H,5,13H2,1H3,(H,16,17). The molecule has 17 heavy (non-hydrogen) atoms. The predicted molar refractivity (Wildman–Crippen MR) is 65.2 cm³/mol. The van der Waals surface area contributed by atoms with Crippen molar-refractivity contribution < 1.29 is 9.90 Å². The normalized spacial score (nSPS) is 12.9. The van der Waals surface area contributed by atoms with E-state index in [0.717, 1.165) is 10.9 Å². The number of rotatable bonds is 3. The number of nitrogens with two attached hydrogens (primary N) is 1. The molecule has 0 saturated carbocycles. The van der Waals surface area contributed by atoms with Crippen LogP contribution in [0.3, 0.4) is 0 Å². The minimum Gasteiger partial charge on any atom is -0.481 e. The van der Waals surface area contributed by atoms with Gasteiger partial charge in [0, 0.05) is 19.0 Å². The fourth-order valence-electron chi connectivity index (χ4n) is 1.84. The first-order valence-electron chi connectivity index (χ1n) is 5.09. The first-order chi connectivity index (χ1) is 8.04. The summed E-state index contributed by atoms with van der Waals surface area (Å²) in [7, 11) is 1.78. The topological polar surface area (TPSA) is 81.1 Å². The van der Waals surface area contributed by atoms with Crippen LogP contribution in [0.1, 0.15) is 11.5 Å². The van der Waals surface area contributed by atoms with E-state index in [9.17, 15) is 4.79 Å². The maximum atomic E-state index is 11.0. The van der Waals surface area contributed by atoms with Crippen molar-refractivity contribution >= 4 is 28.5 Å². The van der Waals surface area contributed by atoms with E-state index in [1.807, 2.05) is 0 Å². The number of halogens is 1. The van der Waals surface area contributed by atoms with E-state index >= 15 is 0 Å². The van der Waals surface area contributed by atoms with Gasteiger partial charge in [-0.1, -0.05) is 17.7 Å². The van der Waals surface area contributed by atoms with E-state index in [2.05, 4.69) is 5.10 Å². The molecule has 90 valence electrons. The maximum absolute atomic E-state index is 11.0. The first-order valence-corrected chi connectivity index (χ1v) is 5.47. The summed E-state index contributed by atoms with van der Waals surface area (Å²) in [6.45, 7) is 0.0543. The van der Waals surface area contributed by atoms with Crippen LogP contribution in [0, 0.1) is 0 Å². The Labute approximate surface area is 103 Å². The molecule has 1 atom stereocenters. The molecule has 1 aromatic heterocycles. The zero-order valence-corrected chi connectivity index (χ0v) is 9.98. The molecule has 2 aromatic rings. The quantitative estimate of drug-likeness (QED) is 0.865. The second-order valence-corrected chi connectivity index (χ2v) is 4.18. The van der Waals surface area contributed by atoms with E-state index in [4.69, 9.17) is 22.4 Å². The Bertz CT molecular complexity index is 579. The fraction of sp³-hybridized carbons (Fsp3) is 0.273. The number of hydrogen-bond acceptors (Lipinski definition) is 3. The number of carboxylic acids is 1. The Morgan fingerprint density at radius 2 is 2.35 bits per heavy atom. The van der Waals surface area contributed by atoms with Crippen LogP contribution in [0.2, 0.25) is 5.15 Å². The smallest absolute Gasteiger partial charge is 0.312 e. The SMILES string of the molecule is Cn1nc(Cl)c2cc(C(CN)C(=O)O)ccc21. The van der Waals surface area contributed by atoms with E-state index in [1.54, 1.807) is 29.9 Å². The lowest BCUT2D eigenvalue weighted by atomic mass is 9.98. The molecule has 5 nitrogen and oxygen atoms in total. The van der Waals surface area contributed by atoms with Crippen molar-refractivity contribution in [3.63, 3.8) is 0 Å². The van der Waals surface area contributed by atoms with Gasteiger partial charge in [-0.3, -0.25) is 9.48 Å². The van der Waals surface area contributed by atoms with Gasteiger partial charge >= 0.3 is 5.97 Å². The molecule has 0 fully saturated rings. The van der Waals surface area contributed by atoms with Crippen LogP contribution in [0.5, 0.6) is 0 Å². The third-order valence-electron chi connectivity index (χ3n) is 2.77. The fourth-order valence-corrected chi connectivity index (χ4v) is 2.10. The molecule has 1 aromatic carbocycles. The zero-order chi connectivity index (χ0) is 12.6. The largest absolute Gasteiger partial charge is 0.481 e. The second kappa shape index (κ2) is 4.35. The average Bonchev–Trinajstić information content (AvgIpc) is 2.55. The predicted octanol–water partition coefficient (Wildman–Crippen LogP) is 1.35. The minimum absolute atomic E-state index is 0.0543. The molecule has 0 aliphatic carbocycles. The molecule has 0 saturated heterocycles. The summed E-state index contributed by atoms with van der Waals surface area (Å²) in [5.41, 5.74) is 6.96. The second-order valence-electron chi connectivity index (χ2n) is 3.82. The summed E-state index contributed by atoms with van der Waals surface area (Å²) < 4.78 is 1.65. The minimum atomic E-state index is -0.938. The van der Waals surface area contributed by atoms with Crippen LogP contribution in [-0.2, 0) is 11.8 Å². The van der Waals surface area contributed by atoms with Crippen LogP contribution in [-0.4, -0.2) is 27.4 Å². The summed E-state index contributed by atoms with van der Waals surface area (Å²) in [5.74, 6) is -1.65. The third-order valence-corrected chi connectivity index (χ3v) is 3.04. The number of benzene rings is 1. The zero-order valence-electron chi connectivity index (χ0n) is 9.22. The lowest BCUT2D eigenvalue weighted by Crippen LogP contribution is -2.20. The Kier molecular flexibility index (Phi) is 3.04. The van der Waals surface area contributed by atoms with E-state index in [0.29, 0.717) is 10.7 Å². The molecular weight excluding hydrogens is 242 g/mol. The Hall–Kier alpha value is -1.59. The highest BCUT2D eigenvalue weighted by Crippen LogP contribution is 2.26. The van der Waals surface area contributed by atoms with Crippen LogP contribution in [0.15, 0.2) is 18.2 Å². The lowest BCUT2D eigenvalue weighted by molar-refractivity contribution is -0.138. The van der Waals surface area contributed by atoms with Gasteiger partial charge in [-0.05, 0) is 17.7 Å². The van der Waals surface area contributed by atoms with Crippen LogP contribution in [0.4, 0.5) is 0 Å². The van der Waals surface area contributed by atoms with Crippen molar-refractivity contribution in [2.24, 2.45) is 12.8 Å². The Morgan fingerprint density at radius 1 is 1.65 bits per heavy atom. The number of hydrogen-bond donors (Lipinski definition) is 2. The third kappa shape index (κ3) is 1.99. The van der Waals surface area contributed by atoms with Crippen LogP contribution < -0.4 is 5.73 Å². The molecule has 0 aliphatic rings. The van der Waals surface area contributed by atoms with Crippen molar-refractivity contribution in [2.75, 3.05) is 6.54 Å². The number of nitrogens with zero attached hydrogens (tertiary/aromatic N) is 2. The average molecular weight is 254 g/mol. The molecule has 2 rings (SSSR count). The molecule has 3 N–H and O–H groups in total. The lowest BCUT2D eigenvalue weighted by Gasteiger charge is -2.09. The van der Waals surface area contributed by atoms with Crippen molar-refractivity contribution in [3.8, 4) is 0 Å². The highest BCUT2D eigenvalue weighted by Gasteiger charge is 2.19. The van der Waals surface area contributed by atoms with Crippen molar-refractivity contribution in [1.82, 2.24) is 9.78 Å². The van der Waals surface area contributed by atoms with Crippen molar-refractivity contribution in [3.05, 3.63) is 28.9 Å². The van der Waals surface area contributed by atoms with Crippen molar-refractivity contribution in [1.29, 1.82) is 0 Å². The summed E-state index contributed by atoms with van der Waals surface area (Å²) in [5, 5.41) is 14.2. The molecular formula is C11H12ClN3O2. The number of carbonyl (C=O) groups is 1. The van der Waals surface area contributed by atoms with Gasteiger partial charge < -0.3 is 10.8 Å². The highest BCUT2D eigenvalue weighted by molar-refractivity contribution is 6.34. The summed E-state index contributed by atoms with van der Waals surface area (Å²) in [6.07, 6.45) is 0. The molecule has 1 unspecified atom stereocenters. The number of aliphatic carboxylic acids is 1. The molecule has 0 spiro atoms.